The van der Waals surface area contributed by atoms with E-state index in [2.05, 4.69) is 5.32 Å². The van der Waals surface area contributed by atoms with Gasteiger partial charge in [0.25, 0.3) is 5.91 Å². The van der Waals surface area contributed by atoms with E-state index in [4.69, 9.17) is 9.47 Å². The fourth-order valence-electron chi connectivity index (χ4n) is 4.24. The summed E-state index contributed by atoms with van der Waals surface area (Å²) < 4.78 is 11.9. The smallest absolute Gasteiger partial charge is 0.326 e. The molecule has 0 spiro atoms. The van der Waals surface area contributed by atoms with Gasteiger partial charge < -0.3 is 19.9 Å². The first kappa shape index (κ1) is 26.1. The van der Waals surface area contributed by atoms with Crippen molar-refractivity contribution < 1.29 is 24.2 Å². The second kappa shape index (κ2) is 13.4. The zero-order chi connectivity index (χ0) is 24.3. The lowest BCUT2D eigenvalue weighted by atomic mass is 9.95. The van der Waals surface area contributed by atoms with Crippen LogP contribution in [0.4, 0.5) is 0 Å². The van der Waals surface area contributed by atoms with Crippen molar-refractivity contribution in [3.05, 3.63) is 53.6 Å². The number of benzene rings is 2. The molecule has 1 atom stereocenters. The van der Waals surface area contributed by atoms with Crippen molar-refractivity contribution in [1.82, 2.24) is 5.32 Å². The summed E-state index contributed by atoms with van der Waals surface area (Å²) in [5.74, 6) is -0.131. The Morgan fingerprint density at radius 1 is 1.09 bits per heavy atom. The van der Waals surface area contributed by atoms with Gasteiger partial charge in [-0.05, 0) is 73.1 Å². The minimum atomic E-state index is -1.03. The van der Waals surface area contributed by atoms with E-state index in [0.29, 0.717) is 42.8 Å². The molecule has 0 unspecified atom stereocenters. The highest BCUT2D eigenvalue weighted by atomic mass is 32.2. The minimum absolute atomic E-state index is 0.333. The number of nitrogens with one attached hydrogen (secondary N) is 1. The molecule has 2 aromatic carbocycles. The average Bonchev–Trinajstić information content (AvgIpc) is 2.85. The van der Waals surface area contributed by atoms with Crippen LogP contribution in [-0.2, 0) is 9.53 Å². The minimum Gasteiger partial charge on any atom is -0.491 e. The van der Waals surface area contributed by atoms with Crippen LogP contribution in [0.15, 0.2) is 42.5 Å². The molecule has 0 radical (unpaired) electrons. The normalized spacial score (nSPS) is 15.0. The highest BCUT2D eigenvalue weighted by Gasteiger charge is 2.23. The first-order chi connectivity index (χ1) is 16.5. The molecule has 0 bridgehead atoms. The van der Waals surface area contributed by atoms with Crippen molar-refractivity contribution in [1.29, 1.82) is 0 Å². The van der Waals surface area contributed by atoms with E-state index in [9.17, 15) is 14.7 Å². The lowest BCUT2D eigenvalue weighted by molar-refractivity contribution is -0.139. The summed E-state index contributed by atoms with van der Waals surface area (Å²) >= 11 is 1.55. The van der Waals surface area contributed by atoms with Gasteiger partial charge in [-0.1, -0.05) is 43.5 Å². The third kappa shape index (κ3) is 7.50. The predicted octanol–water partition coefficient (Wildman–Crippen LogP) is 5.33. The Morgan fingerprint density at radius 3 is 2.56 bits per heavy atom. The molecule has 34 heavy (non-hydrogen) atoms. The summed E-state index contributed by atoms with van der Waals surface area (Å²) in [5.41, 5.74) is 3.07. The van der Waals surface area contributed by atoms with Crippen LogP contribution in [0, 0.1) is 6.92 Å². The highest BCUT2D eigenvalue weighted by Crippen LogP contribution is 2.31. The Balaban J connectivity index is 1.75. The Hall–Kier alpha value is -2.51. The zero-order valence-electron chi connectivity index (χ0n) is 20.0. The van der Waals surface area contributed by atoms with Crippen LogP contribution in [0.5, 0.6) is 5.75 Å². The second-order valence-electron chi connectivity index (χ2n) is 8.65. The highest BCUT2D eigenvalue weighted by molar-refractivity contribution is 7.98. The monoisotopic (exact) mass is 485 g/mol. The third-order valence-electron chi connectivity index (χ3n) is 6.14. The van der Waals surface area contributed by atoms with Gasteiger partial charge in [0.2, 0.25) is 0 Å². The maximum Gasteiger partial charge on any atom is 0.326 e. The van der Waals surface area contributed by atoms with Gasteiger partial charge in [-0.15, -0.1) is 0 Å². The number of hydrogen-bond donors (Lipinski definition) is 2. The maximum atomic E-state index is 13.1. The van der Waals surface area contributed by atoms with Crippen LogP contribution < -0.4 is 10.1 Å². The number of ether oxygens (including phenoxy) is 2. The number of carboxylic acids is 1. The summed E-state index contributed by atoms with van der Waals surface area (Å²) in [4.78, 5) is 24.8. The van der Waals surface area contributed by atoms with Crippen molar-refractivity contribution >= 4 is 23.6 Å². The number of carboxylic acid groups (broad SMARTS) is 1. The summed E-state index contributed by atoms with van der Waals surface area (Å²) in [7, 11) is 0. The van der Waals surface area contributed by atoms with Gasteiger partial charge in [-0.25, -0.2) is 4.79 Å². The van der Waals surface area contributed by atoms with Crippen LogP contribution in [0.25, 0.3) is 11.1 Å². The van der Waals surface area contributed by atoms with Crippen molar-refractivity contribution in [2.75, 3.05) is 25.2 Å². The molecule has 0 aliphatic heterocycles. The number of rotatable bonds is 12. The molecular weight excluding hydrogens is 450 g/mol. The van der Waals surface area contributed by atoms with Crippen LogP contribution in [0.2, 0.25) is 0 Å². The molecule has 6 nitrogen and oxygen atoms in total. The maximum absolute atomic E-state index is 13.1. The Morgan fingerprint density at radius 2 is 1.85 bits per heavy atom. The molecule has 1 aliphatic rings. The van der Waals surface area contributed by atoms with Crippen LogP contribution in [0.1, 0.15) is 54.4 Å². The molecule has 0 heterocycles. The van der Waals surface area contributed by atoms with E-state index < -0.39 is 17.9 Å². The van der Waals surface area contributed by atoms with Crippen molar-refractivity contribution in [3.8, 4) is 16.9 Å². The van der Waals surface area contributed by atoms with E-state index in [-0.39, 0.29) is 0 Å². The quantitative estimate of drug-likeness (QED) is 0.396. The fourth-order valence-corrected chi connectivity index (χ4v) is 4.72. The molecule has 2 aromatic rings. The molecule has 7 heteroatoms. The van der Waals surface area contributed by atoms with E-state index in [0.717, 1.165) is 29.5 Å². The number of carbonyl (C=O) groups is 2. The van der Waals surface area contributed by atoms with Gasteiger partial charge in [-0.3, -0.25) is 4.79 Å². The molecule has 1 aliphatic carbocycles. The van der Waals surface area contributed by atoms with Gasteiger partial charge >= 0.3 is 5.97 Å². The lowest BCUT2D eigenvalue weighted by Gasteiger charge is -2.22. The molecular formula is C27H35NO5S. The van der Waals surface area contributed by atoms with E-state index in [1.54, 1.807) is 23.9 Å². The summed E-state index contributed by atoms with van der Waals surface area (Å²) in [5, 5.41) is 12.2. The number of amides is 1. The third-order valence-corrected chi connectivity index (χ3v) is 6.79. The van der Waals surface area contributed by atoms with Gasteiger partial charge in [0.15, 0.2) is 0 Å². The molecule has 2 N–H and O–H groups in total. The largest absolute Gasteiger partial charge is 0.491 e. The van der Waals surface area contributed by atoms with Gasteiger partial charge in [0.05, 0.1) is 12.7 Å². The molecule has 184 valence electrons. The van der Waals surface area contributed by atoms with Crippen molar-refractivity contribution in [3.63, 3.8) is 0 Å². The van der Waals surface area contributed by atoms with E-state index in [1.807, 2.05) is 43.5 Å². The summed E-state index contributed by atoms with van der Waals surface area (Å²) in [6.07, 6.45) is 8.61. The zero-order valence-corrected chi connectivity index (χ0v) is 20.9. The Labute approximate surface area is 206 Å². The molecule has 0 aromatic heterocycles. The van der Waals surface area contributed by atoms with Gasteiger partial charge in [0.1, 0.15) is 18.4 Å². The number of aliphatic carboxylic acids is 1. The molecule has 1 fully saturated rings. The molecule has 1 amide bonds. The molecule has 0 saturated heterocycles. The van der Waals surface area contributed by atoms with Crippen LogP contribution >= 0.6 is 11.8 Å². The van der Waals surface area contributed by atoms with E-state index in [1.165, 1.54) is 19.3 Å². The number of thioether (sulfide) groups is 1. The SMILES string of the molecule is CSCC[C@H](NC(=O)c1ccc(OCCOC2CCCCC2)cc1-c1ccccc1C)C(=O)O. The fraction of sp³-hybridized carbons (Fsp3) is 0.481. The van der Waals surface area contributed by atoms with Crippen molar-refractivity contribution in [2.45, 2.75) is 57.6 Å². The standard InChI is InChI=1S/C27H35NO5S/c1-19-8-6-7-11-22(19)24-18-21(33-16-15-32-20-9-4-3-5-10-20)12-13-23(24)26(29)28-25(27(30)31)14-17-34-2/h6-8,11-13,18,20,25H,3-5,9-10,14-17H2,1-2H3,(H,28,29)(H,30,31)/t25-/m0/s1. The summed E-state index contributed by atoms with van der Waals surface area (Å²) in [6, 6.07) is 12.2. The van der Waals surface area contributed by atoms with E-state index >= 15 is 0 Å². The average molecular weight is 486 g/mol. The topological polar surface area (TPSA) is 84.9 Å². The van der Waals surface area contributed by atoms with Crippen LogP contribution in [-0.4, -0.2) is 54.4 Å². The predicted molar refractivity (Wildman–Crippen MR) is 137 cm³/mol. The first-order valence-corrected chi connectivity index (χ1v) is 13.4. The summed E-state index contributed by atoms with van der Waals surface area (Å²) in [6.45, 7) is 2.95. The first-order valence-electron chi connectivity index (χ1n) is 12.0. The second-order valence-corrected chi connectivity index (χ2v) is 9.63. The number of aryl methyl sites for hydroxylation is 1. The van der Waals surface area contributed by atoms with Crippen LogP contribution in [0.3, 0.4) is 0 Å². The number of carbonyl (C=O) groups excluding carboxylic acids is 1. The molecule has 3 rings (SSSR count). The van der Waals surface area contributed by atoms with Gasteiger partial charge in [-0.2, -0.15) is 11.8 Å². The van der Waals surface area contributed by atoms with Crippen molar-refractivity contribution in [2.24, 2.45) is 0 Å². The lowest BCUT2D eigenvalue weighted by Crippen LogP contribution is -2.41. The number of hydrogen-bond acceptors (Lipinski definition) is 5. The Bertz CT molecular complexity index is 958. The molecule has 1 saturated carbocycles. The van der Waals surface area contributed by atoms with Gasteiger partial charge in [0, 0.05) is 5.56 Å². The Kier molecular flexibility index (Phi) is 10.3.